The van der Waals surface area contributed by atoms with Gasteiger partial charge in [-0.2, -0.15) is 0 Å². The van der Waals surface area contributed by atoms with Gasteiger partial charge in [-0.15, -0.1) is 0 Å². The number of phenolic OH excluding ortho intramolecular Hbond substituents is 1. The molecule has 3 rings (SSSR count). The van der Waals surface area contributed by atoms with Crippen LogP contribution in [0.2, 0.25) is 0 Å². The van der Waals surface area contributed by atoms with Crippen LogP contribution >= 0.6 is 15.9 Å². The zero-order valence-electron chi connectivity index (χ0n) is 13.1. The van der Waals surface area contributed by atoms with Crippen LogP contribution < -0.4 is 0 Å². The summed E-state index contributed by atoms with van der Waals surface area (Å²) in [5.41, 5.74) is 2.70. The highest BCUT2D eigenvalue weighted by Gasteiger charge is 2.18. The number of rotatable bonds is 4. The third kappa shape index (κ3) is 3.26. The molecule has 0 spiro atoms. The van der Waals surface area contributed by atoms with Crippen molar-refractivity contribution < 1.29 is 14.6 Å². The Morgan fingerprint density at radius 2 is 1.96 bits per heavy atom. The maximum atomic E-state index is 11.9. The first-order chi connectivity index (χ1) is 11.6. The van der Waals surface area contributed by atoms with Gasteiger partial charge in [-0.1, -0.05) is 46.3 Å². The number of hydrogen-bond acceptors (Lipinski definition) is 4. The molecule has 24 heavy (non-hydrogen) atoms. The molecule has 0 aliphatic heterocycles. The topological polar surface area (TPSA) is 59.4 Å². The average molecular weight is 386 g/mol. The van der Waals surface area contributed by atoms with Crippen molar-refractivity contribution in [3.63, 3.8) is 0 Å². The fourth-order valence-electron chi connectivity index (χ4n) is 2.57. The van der Waals surface area contributed by atoms with Crippen LogP contribution in [0.5, 0.6) is 5.75 Å². The second kappa shape index (κ2) is 7.01. The number of ether oxygens (including phenoxy) is 1. The van der Waals surface area contributed by atoms with Gasteiger partial charge < -0.3 is 9.84 Å². The third-order valence-electron chi connectivity index (χ3n) is 3.70. The molecule has 0 saturated carbocycles. The van der Waals surface area contributed by atoms with Crippen LogP contribution in [0.4, 0.5) is 0 Å². The number of phenols is 1. The standard InChI is InChI=1S/C19H16BrNO3/c1-2-24-19(23)15-10-16(20)14-9-13(11-21-17(14)18(15)22)8-12-6-4-3-5-7-12/h3-7,9-11,22H,2,8H2,1H3. The van der Waals surface area contributed by atoms with E-state index in [1.165, 1.54) is 5.56 Å². The van der Waals surface area contributed by atoms with Gasteiger partial charge in [0.25, 0.3) is 0 Å². The fourth-order valence-corrected chi connectivity index (χ4v) is 3.10. The number of nitrogens with zero attached hydrogens (tertiary/aromatic N) is 1. The Kier molecular flexibility index (Phi) is 4.81. The Bertz CT molecular complexity index is 894. The Labute approximate surface area is 148 Å². The lowest BCUT2D eigenvalue weighted by molar-refractivity contribution is 0.0523. The highest BCUT2D eigenvalue weighted by Crippen LogP contribution is 2.34. The van der Waals surface area contributed by atoms with E-state index in [9.17, 15) is 9.90 Å². The van der Waals surface area contributed by atoms with Crippen molar-refractivity contribution in [1.29, 1.82) is 0 Å². The van der Waals surface area contributed by atoms with Gasteiger partial charge in [0.2, 0.25) is 0 Å². The lowest BCUT2D eigenvalue weighted by Gasteiger charge is -2.10. The minimum atomic E-state index is -0.562. The third-order valence-corrected chi connectivity index (χ3v) is 4.35. The molecule has 0 saturated heterocycles. The van der Waals surface area contributed by atoms with Gasteiger partial charge in [-0.05, 0) is 36.6 Å². The molecule has 0 radical (unpaired) electrons. The summed E-state index contributed by atoms with van der Waals surface area (Å²) in [4.78, 5) is 16.3. The van der Waals surface area contributed by atoms with Crippen molar-refractivity contribution in [3.05, 3.63) is 69.8 Å². The summed E-state index contributed by atoms with van der Waals surface area (Å²) in [7, 11) is 0. The van der Waals surface area contributed by atoms with Crippen molar-refractivity contribution in [2.75, 3.05) is 6.61 Å². The van der Waals surface area contributed by atoms with E-state index in [1.807, 2.05) is 24.3 Å². The van der Waals surface area contributed by atoms with Crippen LogP contribution in [0, 0.1) is 0 Å². The number of carbonyl (C=O) groups excluding carboxylic acids is 1. The number of esters is 1. The van der Waals surface area contributed by atoms with Gasteiger partial charge >= 0.3 is 5.97 Å². The van der Waals surface area contributed by atoms with E-state index in [4.69, 9.17) is 4.74 Å². The van der Waals surface area contributed by atoms with Gasteiger partial charge in [0.15, 0.2) is 5.75 Å². The Morgan fingerprint density at radius 1 is 1.21 bits per heavy atom. The predicted molar refractivity (Wildman–Crippen MR) is 96.3 cm³/mol. The molecule has 0 aliphatic rings. The molecule has 122 valence electrons. The molecule has 1 N–H and O–H groups in total. The normalized spacial score (nSPS) is 10.8. The number of hydrogen-bond donors (Lipinski definition) is 1. The quantitative estimate of drug-likeness (QED) is 0.673. The smallest absolute Gasteiger partial charge is 0.342 e. The highest BCUT2D eigenvalue weighted by atomic mass is 79.9. The van der Waals surface area contributed by atoms with Crippen molar-refractivity contribution in [1.82, 2.24) is 4.98 Å². The van der Waals surface area contributed by atoms with Crippen molar-refractivity contribution in [3.8, 4) is 5.75 Å². The van der Waals surface area contributed by atoms with Gasteiger partial charge in [-0.25, -0.2) is 4.79 Å². The summed E-state index contributed by atoms with van der Waals surface area (Å²) in [6, 6.07) is 13.6. The monoisotopic (exact) mass is 385 g/mol. The summed E-state index contributed by atoms with van der Waals surface area (Å²) >= 11 is 3.46. The lowest BCUT2D eigenvalue weighted by atomic mass is 10.0. The van der Waals surface area contributed by atoms with Gasteiger partial charge in [-0.3, -0.25) is 4.98 Å². The molecule has 0 amide bonds. The van der Waals surface area contributed by atoms with Crippen LogP contribution in [-0.2, 0) is 11.2 Å². The van der Waals surface area contributed by atoms with Crippen molar-refractivity contribution in [2.24, 2.45) is 0 Å². The molecular formula is C19H16BrNO3. The van der Waals surface area contributed by atoms with Crippen LogP contribution in [0.1, 0.15) is 28.4 Å². The number of halogens is 1. The second-order valence-electron chi connectivity index (χ2n) is 5.38. The van der Waals surface area contributed by atoms with E-state index < -0.39 is 5.97 Å². The molecule has 1 heterocycles. The van der Waals surface area contributed by atoms with Crippen molar-refractivity contribution in [2.45, 2.75) is 13.3 Å². The van der Waals surface area contributed by atoms with Gasteiger partial charge in [0.05, 0.1) is 6.61 Å². The Balaban J connectivity index is 2.03. The summed E-state index contributed by atoms with van der Waals surface area (Å²) in [6.45, 7) is 1.97. The number of carbonyl (C=O) groups is 1. The first-order valence-electron chi connectivity index (χ1n) is 7.61. The average Bonchev–Trinajstić information content (AvgIpc) is 2.59. The van der Waals surface area contributed by atoms with E-state index >= 15 is 0 Å². The fraction of sp³-hybridized carbons (Fsp3) is 0.158. The summed E-state index contributed by atoms with van der Waals surface area (Å²) in [5.74, 6) is -0.717. The maximum Gasteiger partial charge on any atom is 0.342 e. The first kappa shape index (κ1) is 16.5. The first-order valence-corrected chi connectivity index (χ1v) is 8.40. The Morgan fingerprint density at radius 3 is 2.67 bits per heavy atom. The molecule has 0 aliphatic carbocycles. The van der Waals surface area contributed by atoms with E-state index in [-0.39, 0.29) is 17.9 Å². The van der Waals surface area contributed by atoms with E-state index in [1.54, 1.807) is 19.2 Å². The molecular weight excluding hydrogens is 370 g/mol. The number of aromatic nitrogens is 1. The van der Waals surface area contributed by atoms with Crippen molar-refractivity contribution >= 4 is 32.8 Å². The van der Waals surface area contributed by atoms with E-state index in [0.29, 0.717) is 9.99 Å². The minimum Gasteiger partial charge on any atom is -0.505 e. The molecule has 1 aromatic heterocycles. The summed E-state index contributed by atoms with van der Waals surface area (Å²) < 4.78 is 5.66. The molecule has 0 atom stereocenters. The van der Waals surface area contributed by atoms with Crippen LogP contribution in [-0.4, -0.2) is 22.7 Å². The van der Waals surface area contributed by atoms with Gasteiger partial charge in [0.1, 0.15) is 11.1 Å². The number of benzene rings is 2. The molecule has 3 aromatic rings. The van der Waals surface area contributed by atoms with Crippen LogP contribution in [0.15, 0.2) is 53.1 Å². The maximum absolute atomic E-state index is 11.9. The molecule has 0 unspecified atom stereocenters. The zero-order valence-corrected chi connectivity index (χ0v) is 14.7. The largest absolute Gasteiger partial charge is 0.505 e. The molecule has 0 bridgehead atoms. The zero-order chi connectivity index (χ0) is 17.1. The molecule has 2 aromatic carbocycles. The van der Waals surface area contributed by atoms with E-state index in [0.717, 1.165) is 17.4 Å². The summed E-state index contributed by atoms with van der Waals surface area (Å²) in [5, 5.41) is 11.1. The number of pyridine rings is 1. The predicted octanol–water partition coefficient (Wildman–Crippen LogP) is 4.47. The lowest BCUT2D eigenvalue weighted by Crippen LogP contribution is -2.05. The second-order valence-corrected chi connectivity index (χ2v) is 6.23. The molecule has 5 heteroatoms. The minimum absolute atomic E-state index is 0.111. The van der Waals surface area contributed by atoms with E-state index in [2.05, 4.69) is 33.0 Å². The SMILES string of the molecule is CCOC(=O)c1cc(Br)c2cc(Cc3ccccc3)cnc2c1O. The number of fused-ring (bicyclic) bond motifs is 1. The van der Waals surface area contributed by atoms with Crippen LogP contribution in [0.25, 0.3) is 10.9 Å². The van der Waals surface area contributed by atoms with Gasteiger partial charge in [0, 0.05) is 16.1 Å². The molecule has 0 fully saturated rings. The Hall–Kier alpha value is -2.40. The molecule has 4 nitrogen and oxygen atoms in total. The summed E-state index contributed by atoms with van der Waals surface area (Å²) in [6.07, 6.45) is 2.47. The van der Waals surface area contributed by atoms with Crippen LogP contribution in [0.3, 0.4) is 0 Å². The highest BCUT2D eigenvalue weighted by molar-refractivity contribution is 9.10. The number of aromatic hydroxyl groups is 1.